The van der Waals surface area contributed by atoms with Gasteiger partial charge in [-0.15, -0.1) is 0 Å². The molecule has 0 unspecified atom stereocenters. The highest BCUT2D eigenvalue weighted by Crippen LogP contribution is 2.21. The molecule has 1 atom stereocenters. The number of hydrogen-bond donors (Lipinski definition) is 3. The molecule has 1 aromatic rings. The fraction of sp³-hybridized carbons (Fsp3) is 0.333. The highest BCUT2D eigenvalue weighted by molar-refractivity contribution is 5.98. The number of hydrogen-bond acceptors (Lipinski definition) is 3. The van der Waals surface area contributed by atoms with Gasteiger partial charge < -0.3 is 20.6 Å². The molecule has 0 radical (unpaired) electrons. The molecule has 5 nitrogen and oxygen atoms in total. The van der Waals surface area contributed by atoms with Gasteiger partial charge in [0.1, 0.15) is 17.7 Å². The van der Waals surface area contributed by atoms with Crippen molar-refractivity contribution in [1.29, 1.82) is 5.41 Å². The van der Waals surface area contributed by atoms with Crippen LogP contribution in [0, 0.1) is 11.2 Å². The molecule has 0 aliphatic carbocycles. The van der Waals surface area contributed by atoms with Crippen LogP contribution in [-0.2, 0) is 0 Å². The predicted octanol–water partition coefficient (Wildman–Crippen LogP) is 2.25. The summed E-state index contributed by atoms with van der Waals surface area (Å²) in [6.07, 6.45) is -1.54. The Labute approximate surface area is 104 Å². The number of ether oxygens (including phenoxy) is 1. The number of benzene rings is 1. The van der Waals surface area contributed by atoms with Gasteiger partial charge in [-0.2, -0.15) is 0 Å². The van der Waals surface area contributed by atoms with Gasteiger partial charge >= 0.3 is 6.09 Å². The van der Waals surface area contributed by atoms with E-state index in [9.17, 15) is 9.18 Å². The number of carbonyl (C=O) groups is 1. The second-order valence-electron chi connectivity index (χ2n) is 3.88. The van der Waals surface area contributed by atoms with Crippen LogP contribution in [0.15, 0.2) is 18.2 Å². The molecule has 0 saturated carbocycles. The van der Waals surface area contributed by atoms with Gasteiger partial charge in [-0.25, -0.2) is 9.18 Å². The fourth-order valence-corrected chi connectivity index (χ4v) is 1.39. The minimum atomic E-state index is -1.13. The summed E-state index contributed by atoms with van der Waals surface area (Å²) in [5.41, 5.74) is 0.542. The molecule has 0 saturated heterocycles. The maximum Gasteiger partial charge on any atom is 0.404 e. The first-order chi connectivity index (χ1) is 8.40. The number of nitrogens with one attached hydrogen (secondary N) is 2. The summed E-state index contributed by atoms with van der Waals surface area (Å²) < 4.78 is 18.5. The molecule has 0 aliphatic heterocycles. The Bertz CT molecular complexity index is 463. The van der Waals surface area contributed by atoms with E-state index in [-0.39, 0.29) is 12.3 Å². The molecular formula is C12H15FN2O3. The van der Waals surface area contributed by atoms with Crippen molar-refractivity contribution in [2.75, 3.05) is 6.54 Å². The summed E-state index contributed by atoms with van der Waals surface area (Å²) in [7, 11) is 0. The largest absolute Gasteiger partial charge is 0.488 e. The third-order valence-corrected chi connectivity index (χ3v) is 2.21. The summed E-state index contributed by atoms with van der Waals surface area (Å²) in [6.45, 7) is 3.33. The molecule has 0 aliphatic rings. The lowest BCUT2D eigenvalue weighted by atomic mass is 10.1. The van der Waals surface area contributed by atoms with Crippen LogP contribution in [0.4, 0.5) is 9.18 Å². The zero-order valence-electron chi connectivity index (χ0n) is 10.2. The van der Waals surface area contributed by atoms with E-state index in [1.165, 1.54) is 25.1 Å². The topological polar surface area (TPSA) is 82.4 Å². The average Bonchev–Trinajstić information content (AvgIpc) is 2.28. The van der Waals surface area contributed by atoms with E-state index in [0.29, 0.717) is 11.3 Å². The molecule has 0 spiro atoms. The van der Waals surface area contributed by atoms with Crippen molar-refractivity contribution < 1.29 is 19.0 Å². The monoisotopic (exact) mass is 254 g/mol. The van der Waals surface area contributed by atoms with E-state index in [0.717, 1.165) is 0 Å². The van der Waals surface area contributed by atoms with E-state index in [1.807, 2.05) is 0 Å². The lowest BCUT2D eigenvalue weighted by Crippen LogP contribution is -2.32. The molecular weight excluding hydrogens is 239 g/mol. The van der Waals surface area contributed by atoms with Crippen LogP contribution >= 0.6 is 0 Å². The van der Waals surface area contributed by atoms with Gasteiger partial charge in [0, 0.05) is 11.3 Å². The smallest absolute Gasteiger partial charge is 0.404 e. The van der Waals surface area contributed by atoms with Crippen molar-refractivity contribution in [3.63, 3.8) is 0 Å². The Morgan fingerprint density at radius 3 is 2.83 bits per heavy atom. The van der Waals surface area contributed by atoms with Crippen LogP contribution in [-0.4, -0.2) is 29.6 Å². The summed E-state index contributed by atoms with van der Waals surface area (Å²) in [4.78, 5) is 10.3. The molecule has 0 bridgehead atoms. The van der Waals surface area contributed by atoms with Gasteiger partial charge in [0.25, 0.3) is 0 Å². The second kappa shape index (κ2) is 6.00. The van der Waals surface area contributed by atoms with E-state index in [4.69, 9.17) is 15.3 Å². The molecule has 1 rings (SSSR count). The van der Waals surface area contributed by atoms with Crippen LogP contribution in [0.5, 0.6) is 5.75 Å². The Hall–Kier alpha value is -2.11. The average molecular weight is 254 g/mol. The Morgan fingerprint density at radius 2 is 2.28 bits per heavy atom. The molecule has 1 amide bonds. The Kier molecular flexibility index (Phi) is 4.65. The Balaban J connectivity index is 2.77. The fourth-order valence-electron chi connectivity index (χ4n) is 1.39. The molecule has 1 aromatic carbocycles. The maximum atomic E-state index is 13.1. The molecule has 6 heteroatoms. The van der Waals surface area contributed by atoms with E-state index in [1.54, 1.807) is 6.92 Å². The first kappa shape index (κ1) is 14.0. The number of rotatable bonds is 5. The van der Waals surface area contributed by atoms with Crippen molar-refractivity contribution in [3.8, 4) is 5.75 Å². The van der Waals surface area contributed by atoms with E-state index >= 15 is 0 Å². The van der Waals surface area contributed by atoms with Crippen molar-refractivity contribution >= 4 is 11.8 Å². The SMILES string of the molecule is CC(=N)c1cc(F)ccc1O[C@@H](C)CNC(=O)O. The highest BCUT2D eigenvalue weighted by Gasteiger charge is 2.11. The van der Waals surface area contributed by atoms with Gasteiger partial charge in [0.15, 0.2) is 0 Å². The molecule has 0 aromatic heterocycles. The van der Waals surface area contributed by atoms with Crippen LogP contribution in [0.3, 0.4) is 0 Å². The van der Waals surface area contributed by atoms with Gasteiger partial charge in [-0.05, 0) is 32.0 Å². The summed E-state index contributed by atoms with van der Waals surface area (Å²) in [6, 6.07) is 3.88. The predicted molar refractivity (Wildman–Crippen MR) is 65.0 cm³/mol. The Morgan fingerprint density at radius 1 is 1.61 bits per heavy atom. The van der Waals surface area contributed by atoms with E-state index in [2.05, 4.69) is 5.32 Å². The second-order valence-corrected chi connectivity index (χ2v) is 3.88. The first-order valence-electron chi connectivity index (χ1n) is 5.38. The molecule has 98 valence electrons. The van der Waals surface area contributed by atoms with Gasteiger partial charge in [-0.3, -0.25) is 0 Å². The van der Waals surface area contributed by atoms with Crippen molar-refractivity contribution in [2.45, 2.75) is 20.0 Å². The minimum absolute atomic E-state index is 0.114. The molecule has 3 N–H and O–H groups in total. The van der Waals surface area contributed by atoms with Crippen molar-refractivity contribution in [2.24, 2.45) is 0 Å². The van der Waals surface area contributed by atoms with Crippen molar-refractivity contribution in [3.05, 3.63) is 29.6 Å². The number of amides is 1. The zero-order valence-corrected chi connectivity index (χ0v) is 10.2. The molecule has 18 heavy (non-hydrogen) atoms. The molecule has 0 fully saturated rings. The van der Waals surface area contributed by atoms with E-state index < -0.39 is 18.0 Å². The third-order valence-electron chi connectivity index (χ3n) is 2.21. The number of halogens is 1. The first-order valence-corrected chi connectivity index (χ1v) is 5.38. The zero-order chi connectivity index (χ0) is 13.7. The van der Waals surface area contributed by atoms with Crippen LogP contribution in [0.1, 0.15) is 19.4 Å². The van der Waals surface area contributed by atoms with Crippen LogP contribution in [0.2, 0.25) is 0 Å². The summed E-state index contributed by atoms with van der Waals surface area (Å²) in [5, 5.41) is 18.2. The maximum absolute atomic E-state index is 13.1. The van der Waals surface area contributed by atoms with Crippen LogP contribution < -0.4 is 10.1 Å². The number of carboxylic acid groups (broad SMARTS) is 1. The third kappa shape index (κ3) is 4.04. The van der Waals surface area contributed by atoms with Gasteiger partial charge in [0.2, 0.25) is 0 Å². The van der Waals surface area contributed by atoms with Crippen molar-refractivity contribution in [1.82, 2.24) is 5.32 Å². The lowest BCUT2D eigenvalue weighted by Gasteiger charge is -2.17. The normalized spacial score (nSPS) is 11.7. The van der Waals surface area contributed by atoms with Crippen LogP contribution in [0.25, 0.3) is 0 Å². The minimum Gasteiger partial charge on any atom is -0.488 e. The lowest BCUT2D eigenvalue weighted by molar-refractivity contribution is 0.178. The summed E-state index contributed by atoms with van der Waals surface area (Å²) in [5.74, 6) is -0.0798. The van der Waals surface area contributed by atoms with Gasteiger partial charge in [0.05, 0.1) is 6.54 Å². The highest BCUT2D eigenvalue weighted by atomic mass is 19.1. The van der Waals surface area contributed by atoms with Gasteiger partial charge in [-0.1, -0.05) is 0 Å². The summed E-state index contributed by atoms with van der Waals surface area (Å²) >= 11 is 0. The standard InChI is InChI=1S/C12H15FN2O3/c1-7(6-15-12(16)17)18-11-4-3-9(13)5-10(11)8(2)14/h3-5,7,14-15H,6H2,1-2H3,(H,16,17)/t7-/m0/s1. The quantitative estimate of drug-likeness (QED) is 0.705. The molecule has 0 heterocycles.